The van der Waals surface area contributed by atoms with Crippen LogP contribution in [0.5, 0.6) is 0 Å². The molecule has 0 aromatic carbocycles. The van der Waals surface area contributed by atoms with Crippen molar-refractivity contribution in [2.24, 2.45) is 5.92 Å². The van der Waals surface area contributed by atoms with E-state index in [1.165, 1.54) is 12.3 Å². The molecule has 1 rings (SSSR count). The van der Waals surface area contributed by atoms with Crippen LogP contribution in [0.25, 0.3) is 0 Å². The van der Waals surface area contributed by atoms with Gasteiger partial charge in [0, 0.05) is 18.8 Å². The highest BCUT2D eigenvalue weighted by atomic mass is 16.4. The normalized spacial score (nSPS) is 11.1. The number of hydrogen-bond acceptors (Lipinski definition) is 4. The van der Waals surface area contributed by atoms with Gasteiger partial charge in [0.05, 0.1) is 11.3 Å². The van der Waals surface area contributed by atoms with Crippen LogP contribution >= 0.6 is 0 Å². The van der Waals surface area contributed by atoms with Crippen LogP contribution < -0.4 is 10.6 Å². The molecule has 1 heterocycles. The quantitative estimate of drug-likeness (QED) is 0.802. The van der Waals surface area contributed by atoms with Crippen molar-refractivity contribution in [2.45, 2.75) is 46.6 Å². The first-order valence-electron chi connectivity index (χ1n) is 7.16. The molecule has 0 saturated carbocycles. The zero-order chi connectivity index (χ0) is 15.3. The van der Waals surface area contributed by atoms with Gasteiger partial charge in [0.2, 0.25) is 0 Å². The maximum Gasteiger partial charge on any atom is 0.337 e. The summed E-state index contributed by atoms with van der Waals surface area (Å²) >= 11 is 0. The van der Waals surface area contributed by atoms with Crippen LogP contribution in [0.1, 0.15) is 50.9 Å². The number of pyridine rings is 1. The number of aromatic nitrogens is 1. The van der Waals surface area contributed by atoms with Crippen LogP contribution in [0.3, 0.4) is 0 Å². The molecular weight excluding hydrogens is 254 g/mol. The Balaban J connectivity index is 3.26. The maximum absolute atomic E-state index is 11.2. The second kappa shape index (κ2) is 7.12. The molecule has 0 aliphatic heterocycles. The summed E-state index contributed by atoms with van der Waals surface area (Å²) in [4.78, 5) is 17.7. The molecule has 1 aromatic rings. The summed E-state index contributed by atoms with van der Waals surface area (Å²) in [5.74, 6) is 0.0257. The summed E-state index contributed by atoms with van der Waals surface area (Å²) in [6, 6.07) is 1.76. The summed E-state index contributed by atoms with van der Waals surface area (Å²) in [6.07, 6.45) is 3.47. The minimum Gasteiger partial charge on any atom is -0.478 e. The lowest BCUT2D eigenvalue weighted by molar-refractivity contribution is 0.0698. The number of rotatable bonds is 7. The first-order valence-corrected chi connectivity index (χ1v) is 7.16. The van der Waals surface area contributed by atoms with E-state index in [1.807, 2.05) is 0 Å². The van der Waals surface area contributed by atoms with Gasteiger partial charge in [-0.2, -0.15) is 0 Å². The van der Waals surface area contributed by atoms with Crippen LogP contribution in [0.2, 0.25) is 0 Å². The van der Waals surface area contributed by atoms with Crippen molar-refractivity contribution in [3.8, 4) is 0 Å². The first kappa shape index (κ1) is 16.3. The van der Waals surface area contributed by atoms with Gasteiger partial charge in [0.1, 0.15) is 0 Å². The number of anilines is 2. The summed E-state index contributed by atoms with van der Waals surface area (Å²) in [6.45, 7) is 9.32. The highest BCUT2D eigenvalue weighted by molar-refractivity contribution is 5.96. The van der Waals surface area contributed by atoms with Gasteiger partial charge < -0.3 is 15.7 Å². The molecule has 0 unspecified atom stereocenters. The number of aromatic carboxylic acids is 1. The fourth-order valence-electron chi connectivity index (χ4n) is 2.41. The molecule has 0 aliphatic carbocycles. The SMILES string of the molecule is CCC(CC)N(CC(C)C)c1nccc(C(=O)O)c1N. The van der Waals surface area contributed by atoms with Crippen LogP contribution in [0.4, 0.5) is 11.5 Å². The number of nitrogens with zero attached hydrogens (tertiary/aromatic N) is 2. The number of carboxylic acids is 1. The minimum atomic E-state index is -1.01. The largest absolute Gasteiger partial charge is 0.478 e. The fourth-order valence-corrected chi connectivity index (χ4v) is 2.41. The monoisotopic (exact) mass is 279 g/mol. The molecule has 0 radical (unpaired) electrons. The molecule has 0 fully saturated rings. The van der Waals surface area contributed by atoms with E-state index in [4.69, 9.17) is 5.73 Å². The predicted octanol–water partition coefficient (Wildman–Crippen LogP) is 3.01. The van der Waals surface area contributed by atoms with Crippen LogP contribution in [-0.4, -0.2) is 28.6 Å². The van der Waals surface area contributed by atoms with E-state index in [0.29, 0.717) is 17.8 Å². The molecule has 0 spiro atoms. The van der Waals surface area contributed by atoms with Gasteiger partial charge in [0.15, 0.2) is 5.82 Å². The third kappa shape index (κ3) is 3.62. The molecule has 1 aromatic heterocycles. The zero-order valence-electron chi connectivity index (χ0n) is 12.8. The van der Waals surface area contributed by atoms with E-state index in [2.05, 4.69) is 37.6 Å². The van der Waals surface area contributed by atoms with Crippen LogP contribution in [-0.2, 0) is 0 Å². The van der Waals surface area contributed by atoms with Gasteiger partial charge in [-0.1, -0.05) is 27.7 Å². The second-order valence-electron chi connectivity index (χ2n) is 5.42. The molecule has 3 N–H and O–H groups in total. The molecule has 5 heteroatoms. The van der Waals surface area contributed by atoms with E-state index in [-0.39, 0.29) is 11.3 Å². The molecule has 20 heavy (non-hydrogen) atoms. The van der Waals surface area contributed by atoms with E-state index in [9.17, 15) is 9.90 Å². The zero-order valence-corrected chi connectivity index (χ0v) is 12.8. The summed E-state index contributed by atoms with van der Waals surface area (Å²) < 4.78 is 0. The van der Waals surface area contributed by atoms with Crippen molar-refractivity contribution in [2.75, 3.05) is 17.2 Å². The van der Waals surface area contributed by atoms with Crippen molar-refractivity contribution in [1.82, 2.24) is 4.98 Å². The van der Waals surface area contributed by atoms with Crippen molar-refractivity contribution in [1.29, 1.82) is 0 Å². The number of carboxylic acid groups (broad SMARTS) is 1. The second-order valence-corrected chi connectivity index (χ2v) is 5.42. The Morgan fingerprint density at radius 1 is 1.40 bits per heavy atom. The van der Waals surface area contributed by atoms with Gasteiger partial charge in [-0.15, -0.1) is 0 Å². The van der Waals surface area contributed by atoms with E-state index in [1.54, 1.807) is 0 Å². The minimum absolute atomic E-state index is 0.120. The highest BCUT2D eigenvalue weighted by Gasteiger charge is 2.22. The van der Waals surface area contributed by atoms with E-state index < -0.39 is 5.97 Å². The summed E-state index contributed by atoms with van der Waals surface area (Å²) in [7, 11) is 0. The molecule has 5 nitrogen and oxygen atoms in total. The highest BCUT2D eigenvalue weighted by Crippen LogP contribution is 2.28. The molecule has 0 atom stereocenters. The first-order chi connectivity index (χ1) is 9.42. The number of carbonyl (C=O) groups is 1. The third-order valence-corrected chi connectivity index (χ3v) is 3.42. The van der Waals surface area contributed by atoms with E-state index >= 15 is 0 Å². The Morgan fingerprint density at radius 2 is 2.00 bits per heavy atom. The van der Waals surface area contributed by atoms with Gasteiger partial charge >= 0.3 is 5.97 Å². The van der Waals surface area contributed by atoms with Crippen LogP contribution in [0.15, 0.2) is 12.3 Å². The molecule has 0 saturated heterocycles. The lowest BCUT2D eigenvalue weighted by Crippen LogP contribution is -2.38. The van der Waals surface area contributed by atoms with Gasteiger partial charge in [0.25, 0.3) is 0 Å². The van der Waals surface area contributed by atoms with Crippen molar-refractivity contribution >= 4 is 17.5 Å². The molecule has 0 amide bonds. The molecular formula is C15H25N3O2. The Hall–Kier alpha value is -1.78. The van der Waals surface area contributed by atoms with E-state index in [0.717, 1.165) is 19.4 Å². The average Bonchev–Trinajstić information content (AvgIpc) is 2.38. The Morgan fingerprint density at radius 3 is 2.45 bits per heavy atom. The Kier molecular flexibility index (Phi) is 5.80. The number of nitrogens with two attached hydrogens (primary N) is 1. The van der Waals surface area contributed by atoms with Gasteiger partial charge in [-0.05, 0) is 24.8 Å². The average molecular weight is 279 g/mol. The molecule has 0 bridgehead atoms. The van der Waals surface area contributed by atoms with Crippen LogP contribution in [0, 0.1) is 5.92 Å². The summed E-state index contributed by atoms with van der Waals surface area (Å²) in [5.41, 5.74) is 6.40. The lowest BCUT2D eigenvalue weighted by Gasteiger charge is -2.34. The van der Waals surface area contributed by atoms with Gasteiger partial charge in [-0.3, -0.25) is 0 Å². The maximum atomic E-state index is 11.2. The van der Waals surface area contributed by atoms with Crippen molar-refractivity contribution < 1.29 is 9.90 Å². The smallest absolute Gasteiger partial charge is 0.337 e. The topological polar surface area (TPSA) is 79.5 Å². The molecule has 112 valence electrons. The third-order valence-electron chi connectivity index (χ3n) is 3.42. The van der Waals surface area contributed by atoms with Crippen molar-refractivity contribution in [3.63, 3.8) is 0 Å². The summed E-state index contributed by atoms with van der Waals surface area (Å²) in [5, 5.41) is 9.18. The predicted molar refractivity (Wildman–Crippen MR) is 82.2 cm³/mol. The standard InChI is InChI=1S/C15H25N3O2/c1-5-11(6-2)18(9-10(3)4)14-13(16)12(15(19)20)7-8-17-14/h7-8,10-11H,5-6,9,16H2,1-4H3,(H,19,20). The Labute approximate surface area is 120 Å². The lowest BCUT2D eigenvalue weighted by atomic mass is 10.1. The van der Waals surface area contributed by atoms with Gasteiger partial charge in [-0.25, -0.2) is 9.78 Å². The Bertz CT molecular complexity index is 456. The molecule has 0 aliphatic rings. The van der Waals surface area contributed by atoms with Crippen molar-refractivity contribution in [3.05, 3.63) is 17.8 Å². The number of nitrogen functional groups attached to an aromatic ring is 1. The number of hydrogen-bond donors (Lipinski definition) is 2. The fraction of sp³-hybridized carbons (Fsp3) is 0.600.